The summed E-state index contributed by atoms with van der Waals surface area (Å²) in [6, 6.07) is 3.01. The number of anilines is 1. The van der Waals surface area contributed by atoms with E-state index < -0.39 is 0 Å². The lowest BCUT2D eigenvalue weighted by Crippen LogP contribution is -2.41. The van der Waals surface area contributed by atoms with Gasteiger partial charge in [-0.25, -0.2) is 19.3 Å². The molecule has 2 aromatic rings. The first-order valence-corrected chi connectivity index (χ1v) is 7.58. The van der Waals surface area contributed by atoms with Crippen LogP contribution in [0.1, 0.15) is 32.6 Å². The third kappa shape index (κ3) is 2.78. The van der Waals surface area contributed by atoms with Gasteiger partial charge in [0, 0.05) is 25.2 Å². The molecule has 0 amide bonds. The molecule has 2 heterocycles. The molecule has 3 rings (SSSR count). The van der Waals surface area contributed by atoms with Crippen LogP contribution in [0.3, 0.4) is 0 Å². The molecule has 0 aliphatic heterocycles. The molecule has 1 aliphatic rings. The predicted octanol–water partition coefficient (Wildman–Crippen LogP) is 0.774. The maximum atomic E-state index is 11.4. The van der Waals surface area contributed by atoms with Crippen molar-refractivity contribution in [2.24, 2.45) is 0 Å². The van der Waals surface area contributed by atoms with Crippen molar-refractivity contribution in [1.82, 2.24) is 24.9 Å². The SMILES string of the molecule is CCNC1CCC(N(C)c2cc3n[nH]c(=O)n3cn2)CC1. The highest BCUT2D eigenvalue weighted by atomic mass is 16.1. The van der Waals surface area contributed by atoms with E-state index in [1.807, 2.05) is 6.07 Å². The normalized spacial score (nSPS) is 22.6. The average Bonchev–Trinajstić information content (AvgIpc) is 2.88. The van der Waals surface area contributed by atoms with Crippen molar-refractivity contribution in [3.05, 3.63) is 22.9 Å². The maximum absolute atomic E-state index is 11.4. The number of hydrogen-bond donors (Lipinski definition) is 2. The van der Waals surface area contributed by atoms with Crippen LogP contribution in [0, 0.1) is 0 Å². The monoisotopic (exact) mass is 290 g/mol. The summed E-state index contributed by atoms with van der Waals surface area (Å²) in [4.78, 5) is 18.0. The second kappa shape index (κ2) is 5.85. The highest BCUT2D eigenvalue weighted by Crippen LogP contribution is 2.25. The molecular weight excluding hydrogens is 268 g/mol. The van der Waals surface area contributed by atoms with Gasteiger partial charge in [-0.1, -0.05) is 6.92 Å². The van der Waals surface area contributed by atoms with Gasteiger partial charge in [0.25, 0.3) is 0 Å². The summed E-state index contributed by atoms with van der Waals surface area (Å²) in [5.74, 6) is 0.869. The number of nitrogens with zero attached hydrogens (tertiary/aromatic N) is 4. The Bertz CT molecular complexity index is 655. The van der Waals surface area contributed by atoms with Crippen LogP contribution in [0.25, 0.3) is 5.65 Å². The maximum Gasteiger partial charge on any atom is 0.348 e. The van der Waals surface area contributed by atoms with E-state index in [2.05, 4.69) is 39.4 Å². The quantitative estimate of drug-likeness (QED) is 0.870. The summed E-state index contributed by atoms with van der Waals surface area (Å²) in [6.45, 7) is 3.19. The van der Waals surface area contributed by atoms with E-state index in [0.717, 1.165) is 25.2 Å². The van der Waals surface area contributed by atoms with Crippen molar-refractivity contribution in [3.63, 3.8) is 0 Å². The molecule has 0 saturated heterocycles. The summed E-state index contributed by atoms with van der Waals surface area (Å²) in [7, 11) is 2.07. The average molecular weight is 290 g/mol. The Kier molecular flexibility index (Phi) is 3.92. The summed E-state index contributed by atoms with van der Waals surface area (Å²) >= 11 is 0. The van der Waals surface area contributed by atoms with E-state index in [1.165, 1.54) is 23.6 Å². The number of rotatable bonds is 4. The van der Waals surface area contributed by atoms with E-state index in [-0.39, 0.29) is 5.69 Å². The van der Waals surface area contributed by atoms with Crippen LogP contribution in [-0.4, -0.2) is 45.3 Å². The van der Waals surface area contributed by atoms with Crippen LogP contribution < -0.4 is 15.9 Å². The molecule has 0 aromatic carbocycles. The molecule has 1 aliphatic carbocycles. The second-order valence-electron chi connectivity index (χ2n) is 5.68. The van der Waals surface area contributed by atoms with E-state index in [4.69, 9.17) is 0 Å². The number of H-pyrrole nitrogens is 1. The zero-order chi connectivity index (χ0) is 14.8. The van der Waals surface area contributed by atoms with Crippen molar-refractivity contribution in [1.29, 1.82) is 0 Å². The molecule has 114 valence electrons. The molecule has 0 spiro atoms. The van der Waals surface area contributed by atoms with Crippen LogP contribution in [0.2, 0.25) is 0 Å². The first-order valence-electron chi connectivity index (χ1n) is 7.58. The van der Waals surface area contributed by atoms with Gasteiger partial charge in [0.1, 0.15) is 12.1 Å². The molecule has 2 N–H and O–H groups in total. The van der Waals surface area contributed by atoms with E-state index in [9.17, 15) is 4.79 Å². The fourth-order valence-electron chi connectivity index (χ4n) is 3.14. The standard InChI is InChI=1S/C14H22N6O/c1-3-15-10-4-6-11(7-5-10)19(2)12-8-13-17-18-14(21)20(13)9-16-12/h8-11,15H,3-7H2,1-2H3,(H,18,21). The van der Waals surface area contributed by atoms with Crippen LogP contribution in [0.15, 0.2) is 17.2 Å². The lowest BCUT2D eigenvalue weighted by Gasteiger charge is -2.35. The zero-order valence-corrected chi connectivity index (χ0v) is 12.5. The van der Waals surface area contributed by atoms with Gasteiger partial charge in [-0.05, 0) is 32.2 Å². The molecular formula is C14H22N6O. The Labute approximate surface area is 123 Å². The third-order valence-corrected chi connectivity index (χ3v) is 4.39. The zero-order valence-electron chi connectivity index (χ0n) is 12.5. The van der Waals surface area contributed by atoms with Crippen molar-refractivity contribution in [2.45, 2.75) is 44.7 Å². The molecule has 0 atom stereocenters. The first-order chi connectivity index (χ1) is 10.2. The molecule has 1 fully saturated rings. The molecule has 0 unspecified atom stereocenters. The van der Waals surface area contributed by atoms with Crippen molar-refractivity contribution in [3.8, 4) is 0 Å². The van der Waals surface area contributed by atoms with Crippen molar-refractivity contribution in [2.75, 3.05) is 18.5 Å². The van der Waals surface area contributed by atoms with Gasteiger partial charge in [0.2, 0.25) is 0 Å². The number of nitrogens with one attached hydrogen (secondary N) is 2. The summed E-state index contributed by atoms with van der Waals surface area (Å²) in [6.07, 6.45) is 6.26. The lowest BCUT2D eigenvalue weighted by atomic mass is 9.90. The molecule has 7 nitrogen and oxygen atoms in total. The van der Waals surface area contributed by atoms with Gasteiger partial charge < -0.3 is 10.2 Å². The van der Waals surface area contributed by atoms with Crippen LogP contribution in [0.4, 0.5) is 5.82 Å². The highest BCUT2D eigenvalue weighted by molar-refractivity contribution is 5.50. The van der Waals surface area contributed by atoms with E-state index >= 15 is 0 Å². The molecule has 7 heteroatoms. The molecule has 2 aromatic heterocycles. The van der Waals surface area contributed by atoms with Gasteiger partial charge in [-0.2, -0.15) is 5.10 Å². The Hall–Kier alpha value is -1.89. The lowest BCUT2D eigenvalue weighted by molar-refractivity contribution is 0.340. The Morgan fingerprint density at radius 3 is 2.90 bits per heavy atom. The van der Waals surface area contributed by atoms with Gasteiger partial charge in [-0.15, -0.1) is 0 Å². The minimum atomic E-state index is -0.252. The molecule has 1 saturated carbocycles. The number of hydrogen-bond acceptors (Lipinski definition) is 5. The fraction of sp³-hybridized carbons (Fsp3) is 0.643. The highest BCUT2D eigenvalue weighted by Gasteiger charge is 2.24. The van der Waals surface area contributed by atoms with Crippen LogP contribution in [-0.2, 0) is 0 Å². The van der Waals surface area contributed by atoms with Crippen molar-refractivity contribution < 1.29 is 0 Å². The summed E-state index contributed by atoms with van der Waals surface area (Å²) in [5, 5.41) is 9.95. The number of aromatic amines is 1. The number of fused-ring (bicyclic) bond motifs is 1. The molecule has 0 bridgehead atoms. The van der Waals surface area contributed by atoms with Gasteiger partial charge >= 0.3 is 5.69 Å². The summed E-state index contributed by atoms with van der Waals surface area (Å²) < 4.78 is 1.42. The first kappa shape index (κ1) is 14.1. The third-order valence-electron chi connectivity index (χ3n) is 4.39. The van der Waals surface area contributed by atoms with E-state index in [0.29, 0.717) is 17.7 Å². The minimum absolute atomic E-state index is 0.252. The Morgan fingerprint density at radius 2 is 2.19 bits per heavy atom. The largest absolute Gasteiger partial charge is 0.357 e. The van der Waals surface area contributed by atoms with Crippen LogP contribution in [0.5, 0.6) is 0 Å². The van der Waals surface area contributed by atoms with Crippen LogP contribution >= 0.6 is 0 Å². The number of aromatic nitrogens is 4. The Balaban J connectivity index is 1.72. The second-order valence-corrected chi connectivity index (χ2v) is 5.68. The minimum Gasteiger partial charge on any atom is -0.357 e. The van der Waals surface area contributed by atoms with Gasteiger partial charge in [0.15, 0.2) is 5.65 Å². The molecule has 0 radical (unpaired) electrons. The van der Waals surface area contributed by atoms with Gasteiger partial charge in [0.05, 0.1) is 0 Å². The van der Waals surface area contributed by atoms with Crippen molar-refractivity contribution >= 4 is 11.5 Å². The van der Waals surface area contributed by atoms with Gasteiger partial charge in [-0.3, -0.25) is 0 Å². The smallest absolute Gasteiger partial charge is 0.348 e. The Morgan fingerprint density at radius 1 is 1.43 bits per heavy atom. The molecule has 21 heavy (non-hydrogen) atoms. The topological polar surface area (TPSA) is 78.3 Å². The summed E-state index contributed by atoms with van der Waals surface area (Å²) in [5.41, 5.74) is 0.357. The van der Waals surface area contributed by atoms with E-state index in [1.54, 1.807) is 0 Å². The fourth-order valence-corrected chi connectivity index (χ4v) is 3.14. The predicted molar refractivity (Wildman–Crippen MR) is 81.7 cm³/mol.